The van der Waals surface area contributed by atoms with Gasteiger partial charge in [-0.25, -0.2) is 0 Å². The minimum atomic E-state index is -0.171. The Labute approximate surface area is 163 Å². The van der Waals surface area contributed by atoms with Crippen molar-refractivity contribution in [3.05, 3.63) is 69.8 Å². The Balaban J connectivity index is 1.66. The molecule has 1 N–H and O–H groups in total. The molecule has 3 nitrogen and oxygen atoms in total. The van der Waals surface area contributed by atoms with E-state index in [4.69, 9.17) is 23.2 Å². The summed E-state index contributed by atoms with van der Waals surface area (Å²) in [6.45, 7) is 5.11. The van der Waals surface area contributed by atoms with Gasteiger partial charge in [-0.1, -0.05) is 41.4 Å². The maximum atomic E-state index is 12.4. The molecule has 136 valence electrons. The van der Waals surface area contributed by atoms with Crippen LogP contribution in [0.1, 0.15) is 36.2 Å². The average Bonchev–Trinajstić information content (AvgIpc) is 2.98. The van der Waals surface area contributed by atoms with E-state index in [2.05, 4.69) is 47.3 Å². The highest BCUT2D eigenvalue weighted by molar-refractivity contribution is 6.36. The zero-order valence-electron chi connectivity index (χ0n) is 14.9. The number of amides is 1. The van der Waals surface area contributed by atoms with Crippen LogP contribution in [0.3, 0.4) is 0 Å². The Kier molecular flexibility index (Phi) is 5.90. The summed E-state index contributed by atoms with van der Waals surface area (Å²) in [5, 5.41) is 5.20. The van der Waals surface area contributed by atoms with E-state index >= 15 is 0 Å². The van der Waals surface area contributed by atoms with E-state index in [1.165, 1.54) is 16.5 Å². The molecule has 0 unspecified atom stereocenters. The van der Waals surface area contributed by atoms with Crippen molar-refractivity contribution in [2.75, 3.05) is 0 Å². The lowest BCUT2D eigenvalue weighted by atomic mass is 10.0. The van der Waals surface area contributed by atoms with Gasteiger partial charge in [0.15, 0.2) is 0 Å². The molecule has 26 heavy (non-hydrogen) atoms. The van der Waals surface area contributed by atoms with Crippen molar-refractivity contribution in [2.45, 2.75) is 39.3 Å². The lowest BCUT2D eigenvalue weighted by Crippen LogP contribution is -2.33. The van der Waals surface area contributed by atoms with Crippen molar-refractivity contribution in [1.29, 1.82) is 0 Å². The smallest absolute Gasteiger partial charge is 0.253 e. The summed E-state index contributed by atoms with van der Waals surface area (Å²) in [6, 6.07) is 13.4. The van der Waals surface area contributed by atoms with Gasteiger partial charge in [0.1, 0.15) is 0 Å². The third-order valence-electron chi connectivity index (χ3n) is 4.61. The van der Waals surface area contributed by atoms with E-state index in [1.54, 1.807) is 18.2 Å². The van der Waals surface area contributed by atoms with Crippen LogP contribution in [0.4, 0.5) is 0 Å². The standard InChI is InChI=1S/C21H22Cl2N2O/c1-3-25-13-15(17-6-4-5-7-20(17)25)9-8-14(2)24-21(26)18-11-10-16(22)12-19(18)23/h4-7,10-14H,3,8-9H2,1-2H3,(H,24,26)/t14-/m1/s1. The fourth-order valence-corrected chi connectivity index (χ4v) is 3.70. The van der Waals surface area contributed by atoms with Crippen LogP contribution in [-0.2, 0) is 13.0 Å². The number of halogens is 2. The van der Waals surface area contributed by atoms with Gasteiger partial charge in [-0.3, -0.25) is 4.79 Å². The molecule has 0 radical (unpaired) electrons. The second kappa shape index (κ2) is 8.15. The summed E-state index contributed by atoms with van der Waals surface area (Å²) in [4.78, 5) is 12.4. The molecule has 2 aromatic carbocycles. The van der Waals surface area contributed by atoms with E-state index in [9.17, 15) is 4.79 Å². The van der Waals surface area contributed by atoms with Gasteiger partial charge >= 0.3 is 0 Å². The van der Waals surface area contributed by atoms with E-state index < -0.39 is 0 Å². The van der Waals surface area contributed by atoms with Crippen molar-refractivity contribution >= 4 is 40.0 Å². The van der Waals surface area contributed by atoms with Gasteiger partial charge in [0.05, 0.1) is 10.6 Å². The lowest BCUT2D eigenvalue weighted by molar-refractivity contribution is 0.0938. The Hall–Kier alpha value is -1.97. The monoisotopic (exact) mass is 388 g/mol. The minimum Gasteiger partial charge on any atom is -0.350 e. The van der Waals surface area contributed by atoms with Gasteiger partial charge < -0.3 is 9.88 Å². The van der Waals surface area contributed by atoms with Crippen LogP contribution in [0.15, 0.2) is 48.7 Å². The van der Waals surface area contributed by atoms with E-state index in [0.29, 0.717) is 15.6 Å². The fraction of sp³-hybridized carbons (Fsp3) is 0.286. The topological polar surface area (TPSA) is 34.0 Å². The number of carbonyl (C=O) groups is 1. The van der Waals surface area contributed by atoms with Crippen LogP contribution in [0, 0.1) is 0 Å². The number of rotatable bonds is 6. The molecule has 3 aromatic rings. The number of hydrogen-bond acceptors (Lipinski definition) is 1. The number of aryl methyl sites for hydroxylation is 2. The molecule has 1 amide bonds. The first kappa shape index (κ1) is 18.8. The summed E-state index contributed by atoms with van der Waals surface area (Å²) in [6.07, 6.45) is 3.98. The zero-order valence-corrected chi connectivity index (χ0v) is 16.4. The number of benzene rings is 2. The van der Waals surface area contributed by atoms with Crippen molar-refractivity contribution in [2.24, 2.45) is 0 Å². The molecule has 0 fully saturated rings. The summed E-state index contributed by atoms with van der Waals surface area (Å²) >= 11 is 12.0. The first-order valence-electron chi connectivity index (χ1n) is 8.82. The number of nitrogens with zero attached hydrogens (tertiary/aromatic N) is 1. The molecular formula is C21H22Cl2N2O. The first-order valence-corrected chi connectivity index (χ1v) is 9.58. The number of hydrogen-bond donors (Lipinski definition) is 1. The number of fused-ring (bicyclic) bond motifs is 1. The molecule has 0 aliphatic heterocycles. The van der Waals surface area contributed by atoms with Gasteiger partial charge in [-0.2, -0.15) is 0 Å². The van der Waals surface area contributed by atoms with Crippen molar-refractivity contribution in [3.63, 3.8) is 0 Å². The zero-order chi connectivity index (χ0) is 18.7. The maximum absolute atomic E-state index is 12.4. The summed E-state index contributed by atoms with van der Waals surface area (Å²) in [7, 11) is 0. The highest BCUT2D eigenvalue weighted by atomic mass is 35.5. The Morgan fingerprint density at radius 1 is 1.19 bits per heavy atom. The molecule has 3 rings (SSSR count). The van der Waals surface area contributed by atoms with Crippen LogP contribution in [0.25, 0.3) is 10.9 Å². The lowest BCUT2D eigenvalue weighted by Gasteiger charge is -2.14. The third-order valence-corrected chi connectivity index (χ3v) is 5.16. The van der Waals surface area contributed by atoms with Crippen LogP contribution >= 0.6 is 23.2 Å². The first-order chi connectivity index (χ1) is 12.5. The molecule has 0 spiro atoms. The number of carbonyl (C=O) groups excluding carboxylic acids is 1. The largest absolute Gasteiger partial charge is 0.350 e. The number of nitrogens with one attached hydrogen (secondary N) is 1. The quantitative estimate of drug-likeness (QED) is 0.575. The molecule has 0 bridgehead atoms. The van der Waals surface area contributed by atoms with Crippen molar-refractivity contribution in [1.82, 2.24) is 9.88 Å². The molecule has 5 heteroatoms. The van der Waals surface area contributed by atoms with Gasteiger partial charge in [-0.05, 0) is 56.5 Å². The van der Waals surface area contributed by atoms with E-state index in [0.717, 1.165) is 19.4 Å². The van der Waals surface area contributed by atoms with Gasteiger partial charge in [0.2, 0.25) is 0 Å². The molecule has 0 saturated carbocycles. The summed E-state index contributed by atoms with van der Waals surface area (Å²) < 4.78 is 2.27. The van der Waals surface area contributed by atoms with Crippen molar-refractivity contribution in [3.8, 4) is 0 Å². The number of para-hydroxylation sites is 1. The fourth-order valence-electron chi connectivity index (χ4n) is 3.20. The average molecular weight is 389 g/mol. The highest BCUT2D eigenvalue weighted by Crippen LogP contribution is 2.23. The highest BCUT2D eigenvalue weighted by Gasteiger charge is 2.14. The maximum Gasteiger partial charge on any atom is 0.253 e. The molecule has 0 aliphatic rings. The van der Waals surface area contributed by atoms with E-state index in [-0.39, 0.29) is 11.9 Å². The van der Waals surface area contributed by atoms with Gasteiger partial charge in [-0.15, -0.1) is 0 Å². The Morgan fingerprint density at radius 3 is 2.69 bits per heavy atom. The van der Waals surface area contributed by atoms with E-state index in [1.807, 2.05) is 6.92 Å². The molecule has 0 aliphatic carbocycles. The third kappa shape index (κ3) is 4.05. The normalized spacial score (nSPS) is 12.3. The second-order valence-corrected chi connectivity index (χ2v) is 7.34. The number of aromatic nitrogens is 1. The molecule has 1 atom stereocenters. The van der Waals surface area contributed by atoms with Crippen molar-refractivity contribution < 1.29 is 4.79 Å². The Bertz CT molecular complexity index is 933. The SMILES string of the molecule is CCn1cc(CC[C@@H](C)NC(=O)c2ccc(Cl)cc2Cl)c2ccccc21. The molecule has 1 heterocycles. The minimum absolute atomic E-state index is 0.0398. The van der Waals surface area contributed by atoms with Crippen LogP contribution in [0.5, 0.6) is 0 Å². The van der Waals surface area contributed by atoms with Gasteiger partial charge in [0.25, 0.3) is 5.91 Å². The summed E-state index contributed by atoms with van der Waals surface area (Å²) in [5.41, 5.74) is 3.02. The Morgan fingerprint density at radius 2 is 1.96 bits per heavy atom. The predicted molar refractivity (Wildman–Crippen MR) is 109 cm³/mol. The molecule has 0 saturated heterocycles. The second-order valence-electron chi connectivity index (χ2n) is 6.49. The van der Waals surface area contributed by atoms with Crippen LogP contribution < -0.4 is 5.32 Å². The van der Waals surface area contributed by atoms with Gasteiger partial charge in [0, 0.05) is 34.7 Å². The molecule has 1 aromatic heterocycles. The predicted octanol–water partition coefficient (Wildman–Crippen LogP) is 5.72. The van der Waals surface area contributed by atoms with Crippen LogP contribution in [0.2, 0.25) is 10.0 Å². The summed E-state index contributed by atoms with van der Waals surface area (Å²) in [5.74, 6) is -0.171. The van der Waals surface area contributed by atoms with Crippen LogP contribution in [-0.4, -0.2) is 16.5 Å². The molecular weight excluding hydrogens is 367 g/mol.